The van der Waals surface area contributed by atoms with Gasteiger partial charge < -0.3 is 21.7 Å². The smallest absolute Gasteiger partial charge is 0.278 e. The van der Waals surface area contributed by atoms with Crippen LogP contribution in [0, 0.1) is 11.6 Å². The maximum absolute atomic E-state index is 13.6. The predicted octanol–water partition coefficient (Wildman–Crippen LogP) is 4.49. The lowest BCUT2D eigenvalue weighted by Gasteiger charge is -2.23. The molecule has 0 aromatic heterocycles. The van der Waals surface area contributed by atoms with Gasteiger partial charge in [-0.05, 0) is 80.1 Å². The van der Waals surface area contributed by atoms with Gasteiger partial charge in [0.15, 0.2) is 0 Å². The molecule has 0 unspecified atom stereocenters. The summed E-state index contributed by atoms with van der Waals surface area (Å²) in [6.45, 7) is 4.60. The molecular formula is C26H28BrF2N5O. The molecule has 0 bridgehead atoms. The second-order valence-corrected chi connectivity index (χ2v) is 8.87. The van der Waals surface area contributed by atoms with Crippen molar-refractivity contribution in [3.8, 4) is 0 Å². The van der Waals surface area contributed by atoms with Gasteiger partial charge in [-0.1, -0.05) is 15.9 Å². The van der Waals surface area contributed by atoms with Crippen molar-refractivity contribution in [2.75, 3.05) is 37.3 Å². The van der Waals surface area contributed by atoms with Crippen LogP contribution in [0.25, 0.3) is 0 Å². The van der Waals surface area contributed by atoms with Gasteiger partial charge in [-0.2, -0.15) is 4.99 Å². The van der Waals surface area contributed by atoms with Crippen LogP contribution in [0.4, 0.5) is 20.2 Å². The van der Waals surface area contributed by atoms with E-state index in [0.717, 1.165) is 31.4 Å². The Morgan fingerprint density at radius 1 is 1.09 bits per heavy atom. The number of nitrogens with two attached hydrogens (primary N) is 2. The Labute approximate surface area is 212 Å². The first-order valence-corrected chi connectivity index (χ1v) is 11.9. The quantitative estimate of drug-likeness (QED) is 0.210. The van der Waals surface area contributed by atoms with Gasteiger partial charge >= 0.3 is 0 Å². The maximum Gasteiger partial charge on any atom is 0.278 e. The first-order chi connectivity index (χ1) is 16.7. The van der Waals surface area contributed by atoms with E-state index < -0.39 is 17.5 Å². The molecule has 3 aromatic carbocycles. The van der Waals surface area contributed by atoms with E-state index in [-0.39, 0.29) is 12.3 Å². The number of likely N-dealkylation sites (N-methyl/N-ethyl adjacent to an activating group) is 2. The van der Waals surface area contributed by atoms with Gasteiger partial charge in [0.2, 0.25) is 0 Å². The number of amides is 1. The fourth-order valence-corrected chi connectivity index (χ4v) is 4.19. The third kappa shape index (κ3) is 6.86. The van der Waals surface area contributed by atoms with E-state index in [4.69, 9.17) is 11.5 Å². The minimum atomic E-state index is -0.659. The minimum Gasteiger partial charge on any atom is -0.398 e. The molecule has 0 heterocycles. The Balaban J connectivity index is 1.83. The molecule has 184 valence electrons. The van der Waals surface area contributed by atoms with Crippen molar-refractivity contribution in [3.05, 3.63) is 93.0 Å². The molecule has 6 nitrogen and oxygen atoms in total. The highest BCUT2D eigenvalue weighted by atomic mass is 79.9. The number of hydrogen-bond donors (Lipinski definition) is 3. The number of halogens is 3. The number of carbonyl (C=O) groups excluding carboxylic acids is 1. The summed E-state index contributed by atoms with van der Waals surface area (Å²) in [5.74, 6) is -1.86. The molecule has 0 aliphatic carbocycles. The van der Waals surface area contributed by atoms with Crippen molar-refractivity contribution >= 4 is 39.0 Å². The molecule has 0 saturated carbocycles. The Morgan fingerprint density at radius 3 is 2.34 bits per heavy atom. The molecule has 0 aliphatic rings. The third-order valence-corrected chi connectivity index (χ3v) is 6.26. The summed E-state index contributed by atoms with van der Waals surface area (Å²) in [6, 6.07) is 13.8. The second kappa shape index (κ2) is 11.9. The molecule has 3 aromatic rings. The van der Waals surface area contributed by atoms with Crippen LogP contribution < -0.4 is 21.7 Å². The highest BCUT2D eigenvalue weighted by Gasteiger charge is 2.14. The summed E-state index contributed by atoms with van der Waals surface area (Å²) >= 11 is 3.43. The molecule has 0 radical (unpaired) electrons. The van der Waals surface area contributed by atoms with Crippen LogP contribution in [0.15, 0.2) is 64.1 Å². The monoisotopic (exact) mass is 543 g/mol. The Morgan fingerprint density at radius 2 is 1.74 bits per heavy atom. The van der Waals surface area contributed by atoms with Crippen LogP contribution in [-0.2, 0) is 6.42 Å². The fraction of sp³-hybridized carbons (Fsp3) is 0.231. The van der Waals surface area contributed by atoms with Crippen LogP contribution in [0.1, 0.15) is 34.0 Å². The van der Waals surface area contributed by atoms with E-state index in [0.29, 0.717) is 32.4 Å². The van der Waals surface area contributed by atoms with Crippen molar-refractivity contribution in [2.24, 2.45) is 10.7 Å². The number of nitrogens with one attached hydrogen (secondary N) is 1. The zero-order chi connectivity index (χ0) is 25.5. The van der Waals surface area contributed by atoms with Crippen molar-refractivity contribution in [1.29, 1.82) is 0 Å². The van der Waals surface area contributed by atoms with E-state index in [1.165, 1.54) is 12.1 Å². The molecule has 0 saturated heterocycles. The van der Waals surface area contributed by atoms with Crippen molar-refractivity contribution in [2.45, 2.75) is 13.3 Å². The standard InChI is InChI=1S/C26H28BrF2N5O/c1-3-34(9-8-32-2)21-6-4-17(5-7-21)26(35)33-25(31)22-13-18(23(27)15-24(22)30)10-16-11-19(28)14-20(29)12-16/h4-7,11-15,32H,3,8-10,30H2,1-2H3,(H2,31,33,35). The highest BCUT2D eigenvalue weighted by molar-refractivity contribution is 9.10. The number of anilines is 2. The van der Waals surface area contributed by atoms with Gasteiger partial charge in [0.05, 0.1) is 0 Å². The zero-order valence-electron chi connectivity index (χ0n) is 19.6. The van der Waals surface area contributed by atoms with Gasteiger partial charge in [-0.3, -0.25) is 4.79 Å². The number of benzene rings is 3. The van der Waals surface area contributed by atoms with E-state index in [9.17, 15) is 13.6 Å². The van der Waals surface area contributed by atoms with Crippen LogP contribution in [0.2, 0.25) is 0 Å². The molecule has 0 spiro atoms. The number of aliphatic imine (C=N–C) groups is 1. The van der Waals surface area contributed by atoms with E-state index >= 15 is 0 Å². The molecule has 0 fully saturated rings. The number of nitrogens with zero attached hydrogens (tertiary/aromatic N) is 2. The molecule has 0 aliphatic heterocycles. The largest absolute Gasteiger partial charge is 0.398 e. The van der Waals surface area contributed by atoms with Crippen molar-refractivity contribution in [3.63, 3.8) is 0 Å². The first kappa shape index (κ1) is 26.3. The summed E-state index contributed by atoms with van der Waals surface area (Å²) in [7, 11) is 1.90. The summed E-state index contributed by atoms with van der Waals surface area (Å²) in [5.41, 5.74) is 15.5. The SMILES string of the molecule is CCN(CCNC)c1ccc(C(=O)N=C(N)c2cc(Cc3cc(F)cc(F)c3)c(Br)cc2N)cc1. The normalized spacial score (nSPS) is 11.5. The summed E-state index contributed by atoms with van der Waals surface area (Å²) < 4.78 is 27.8. The van der Waals surface area contributed by atoms with Gasteiger partial charge in [-0.15, -0.1) is 0 Å². The first-order valence-electron chi connectivity index (χ1n) is 11.1. The van der Waals surface area contributed by atoms with E-state index in [1.807, 2.05) is 19.2 Å². The highest BCUT2D eigenvalue weighted by Crippen LogP contribution is 2.27. The topological polar surface area (TPSA) is 96.7 Å². The summed E-state index contributed by atoms with van der Waals surface area (Å²) in [6.07, 6.45) is 0.229. The van der Waals surface area contributed by atoms with Gasteiger partial charge in [-0.25, -0.2) is 8.78 Å². The van der Waals surface area contributed by atoms with Crippen molar-refractivity contribution in [1.82, 2.24) is 5.32 Å². The lowest BCUT2D eigenvalue weighted by atomic mass is 10.0. The van der Waals surface area contributed by atoms with Crippen molar-refractivity contribution < 1.29 is 13.6 Å². The number of hydrogen-bond acceptors (Lipinski definition) is 4. The molecular weight excluding hydrogens is 516 g/mol. The Hall–Kier alpha value is -3.30. The lowest BCUT2D eigenvalue weighted by Crippen LogP contribution is -2.30. The van der Waals surface area contributed by atoms with E-state index in [2.05, 4.69) is 38.1 Å². The summed E-state index contributed by atoms with van der Waals surface area (Å²) in [5, 5.41) is 3.13. The number of amidine groups is 1. The minimum absolute atomic E-state index is 0.0417. The summed E-state index contributed by atoms with van der Waals surface area (Å²) in [4.78, 5) is 19.0. The van der Waals surface area contributed by atoms with Crippen LogP contribution >= 0.6 is 15.9 Å². The lowest BCUT2D eigenvalue weighted by molar-refractivity contribution is 0.100. The maximum atomic E-state index is 13.6. The third-order valence-electron chi connectivity index (χ3n) is 5.53. The molecule has 5 N–H and O–H groups in total. The second-order valence-electron chi connectivity index (χ2n) is 8.02. The molecule has 9 heteroatoms. The molecule has 35 heavy (non-hydrogen) atoms. The predicted molar refractivity (Wildman–Crippen MR) is 141 cm³/mol. The van der Waals surface area contributed by atoms with Gasteiger partial charge in [0.25, 0.3) is 5.91 Å². The average molecular weight is 544 g/mol. The van der Waals surface area contributed by atoms with Crippen LogP contribution in [-0.4, -0.2) is 38.4 Å². The number of nitrogen functional groups attached to an aromatic ring is 1. The zero-order valence-corrected chi connectivity index (χ0v) is 21.2. The van der Waals surface area contributed by atoms with Gasteiger partial charge in [0.1, 0.15) is 17.5 Å². The van der Waals surface area contributed by atoms with Crippen LogP contribution in [0.5, 0.6) is 0 Å². The van der Waals surface area contributed by atoms with Gasteiger partial charge in [0, 0.05) is 52.7 Å². The average Bonchev–Trinajstić information content (AvgIpc) is 2.81. The Bertz CT molecular complexity index is 1210. The Kier molecular flexibility index (Phi) is 8.95. The van der Waals surface area contributed by atoms with E-state index in [1.54, 1.807) is 24.3 Å². The fourth-order valence-electron chi connectivity index (χ4n) is 3.69. The molecule has 0 atom stereocenters. The molecule has 1 amide bonds. The number of carbonyl (C=O) groups is 1. The molecule has 3 rings (SSSR count). The van der Waals surface area contributed by atoms with Crippen LogP contribution in [0.3, 0.4) is 0 Å². The number of rotatable bonds is 9.